The van der Waals surface area contributed by atoms with Gasteiger partial charge in [-0.1, -0.05) is 12.1 Å². The molecule has 2 amide bonds. The van der Waals surface area contributed by atoms with Crippen molar-refractivity contribution in [1.82, 2.24) is 0 Å². The topological polar surface area (TPSA) is 93.9 Å². The van der Waals surface area contributed by atoms with E-state index < -0.39 is 6.10 Å². The number of nitrogens with one attached hydrogen (secondary N) is 1. The number of para-hydroxylation sites is 2. The molecule has 0 bridgehead atoms. The number of benzene rings is 2. The number of nitrogens with zero attached hydrogens (tertiary/aromatic N) is 1. The summed E-state index contributed by atoms with van der Waals surface area (Å²) in [6.07, 6.45) is -0.628. The van der Waals surface area contributed by atoms with Gasteiger partial charge in [0.1, 0.15) is 24.7 Å². The molecule has 2 aromatic rings. The Hall–Kier alpha value is -3.06. The lowest BCUT2D eigenvalue weighted by Gasteiger charge is -2.32. The zero-order valence-corrected chi connectivity index (χ0v) is 14.5. The number of ether oxygens (including phenoxy) is 2. The van der Waals surface area contributed by atoms with E-state index in [9.17, 15) is 9.59 Å². The van der Waals surface area contributed by atoms with E-state index in [-0.39, 0.29) is 18.4 Å². The Morgan fingerprint density at radius 2 is 1.96 bits per heavy atom. The minimum absolute atomic E-state index is 0.0883. The van der Waals surface area contributed by atoms with E-state index in [1.54, 1.807) is 49.4 Å². The van der Waals surface area contributed by atoms with E-state index in [0.29, 0.717) is 36.0 Å². The molecule has 7 nitrogen and oxygen atoms in total. The van der Waals surface area contributed by atoms with Gasteiger partial charge < -0.3 is 20.5 Å². The molecule has 136 valence electrons. The van der Waals surface area contributed by atoms with Crippen molar-refractivity contribution in [1.29, 1.82) is 0 Å². The first-order valence-corrected chi connectivity index (χ1v) is 8.38. The van der Waals surface area contributed by atoms with Gasteiger partial charge >= 0.3 is 0 Å². The zero-order chi connectivity index (χ0) is 18.5. The molecule has 0 aliphatic carbocycles. The van der Waals surface area contributed by atoms with Crippen LogP contribution in [0.2, 0.25) is 0 Å². The predicted octanol–water partition coefficient (Wildman–Crippen LogP) is 1.78. The van der Waals surface area contributed by atoms with Crippen LogP contribution in [0.5, 0.6) is 11.5 Å². The molecule has 2 aromatic carbocycles. The van der Waals surface area contributed by atoms with E-state index in [4.69, 9.17) is 15.2 Å². The fourth-order valence-electron chi connectivity index (χ4n) is 2.68. The zero-order valence-electron chi connectivity index (χ0n) is 14.5. The summed E-state index contributed by atoms with van der Waals surface area (Å²) < 4.78 is 11.0. The molecule has 1 aliphatic heterocycles. The number of rotatable bonds is 6. The molecule has 1 aliphatic rings. The molecule has 3 N–H and O–H groups in total. The summed E-state index contributed by atoms with van der Waals surface area (Å²) in [5.41, 5.74) is 6.61. The number of anilines is 2. The average Bonchev–Trinajstić information content (AvgIpc) is 2.65. The highest BCUT2D eigenvalue weighted by Gasteiger charge is 2.32. The fourth-order valence-corrected chi connectivity index (χ4v) is 2.68. The summed E-state index contributed by atoms with van der Waals surface area (Å²) in [6.45, 7) is 2.45. The molecular formula is C19H21N3O4. The third-order valence-electron chi connectivity index (χ3n) is 3.90. The van der Waals surface area contributed by atoms with Crippen molar-refractivity contribution in [2.75, 3.05) is 29.9 Å². The largest absolute Gasteiger partial charge is 0.492 e. The number of amides is 2. The van der Waals surface area contributed by atoms with Gasteiger partial charge in [0.15, 0.2) is 6.10 Å². The molecule has 0 saturated carbocycles. The molecule has 7 heteroatoms. The maximum atomic E-state index is 12.4. The van der Waals surface area contributed by atoms with Crippen LogP contribution in [0.1, 0.15) is 6.92 Å². The first-order chi connectivity index (χ1) is 12.6. The van der Waals surface area contributed by atoms with E-state index >= 15 is 0 Å². The van der Waals surface area contributed by atoms with Crippen molar-refractivity contribution in [2.45, 2.75) is 13.0 Å². The first-order valence-electron chi connectivity index (χ1n) is 8.38. The Bertz CT molecular complexity index is 792. The Morgan fingerprint density at radius 3 is 2.69 bits per heavy atom. The molecule has 3 rings (SSSR count). The summed E-state index contributed by atoms with van der Waals surface area (Å²) in [5, 5.41) is 2.78. The molecule has 0 saturated heterocycles. The normalized spacial score (nSPS) is 15.8. The third kappa shape index (κ3) is 3.94. The van der Waals surface area contributed by atoms with Gasteiger partial charge in [-0.2, -0.15) is 0 Å². The molecular weight excluding hydrogens is 334 g/mol. The second kappa shape index (κ2) is 7.88. The van der Waals surface area contributed by atoms with Gasteiger partial charge in [0, 0.05) is 12.2 Å². The van der Waals surface area contributed by atoms with Crippen molar-refractivity contribution in [3.8, 4) is 11.5 Å². The van der Waals surface area contributed by atoms with Crippen molar-refractivity contribution in [3.63, 3.8) is 0 Å². The smallest absolute Gasteiger partial charge is 0.268 e. The van der Waals surface area contributed by atoms with Crippen molar-refractivity contribution in [2.24, 2.45) is 5.73 Å². The number of carbonyl (C=O) groups is 2. The van der Waals surface area contributed by atoms with Gasteiger partial charge in [-0.05, 0) is 43.3 Å². The van der Waals surface area contributed by atoms with Gasteiger partial charge in [-0.15, -0.1) is 0 Å². The highest BCUT2D eigenvalue weighted by molar-refractivity contribution is 6.06. The summed E-state index contributed by atoms with van der Waals surface area (Å²) in [6, 6.07) is 14.2. The standard InChI is InChI=1S/C19H21N3O4/c1-13-19(24)22(16-4-2-3-5-17(16)26-13)12-18(23)21-14-6-8-15(9-7-14)25-11-10-20/h2-9,13H,10-12,20H2,1H3,(H,21,23). The molecule has 26 heavy (non-hydrogen) atoms. The highest BCUT2D eigenvalue weighted by Crippen LogP contribution is 2.33. The lowest BCUT2D eigenvalue weighted by atomic mass is 10.2. The van der Waals surface area contributed by atoms with Crippen molar-refractivity contribution >= 4 is 23.2 Å². The molecule has 1 atom stereocenters. The monoisotopic (exact) mass is 355 g/mol. The van der Waals surface area contributed by atoms with E-state index in [1.807, 2.05) is 6.07 Å². The average molecular weight is 355 g/mol. The molecule has 0 fully saturated rings. The van der Waals surface area contributed by atoms with Crippen LogP contribution in [0.4, 0.5) is 11.4 Å². The van der Waals surface area contributed by atoms with E-state index in [2.05, 4.69) is 5.32 Å². The van der Waals surface area contributed by atoms with Crippen LogP contribution in [0.15, 0.2) is 48.5 Å². The van der Waals surface area contributed by atoms with E-state index in [1.165, 1.54) is 4.90 Å². The van der Waals surface area contributed by atoms with Crippen LogP contribution in [0, 0.1) is 0 Å². The number of hydrogen-bond donors (Lipinski definition) is 2. The summed E-state index contributed by atoms with van der Waals surface area (Å²) >= 11 is 0. The molecule has 0 aromatic heterocycles. The molecule has 0 spiro atoms. The van der Waals surface area contributed by atoms with Crippen molar-refractivity contribution < 1.29 is 19.1 Å². The SMILES string of the molecule is CC1Oc2ccccc2N(CC(=O)Nc2ccc(OCCN)cc2)C1=O. The maximum absolute atomic E-state index is 12.4. The maximum Gasteiger partial charge on any atom is 0.268 e. The third-order valence-corrected chi connectivity index (χ3v) is 3.90. The molecule has 1 unspecified atom stereocenters. The molecule has 1 heterocycles. The van der Waals surface area contributed by atoms with Crippen LogP contribution in [0.3, 0.4) is 0 Å². The lowest BCUT2D eigenvalue weighted by molar-refractivity contribution is -0.127. The van der Waals surface area contributed by atoms with Gasteiger partial charge in [-0.3, -0.25) is 14.5 Å². The summed E-state index contributed by atoms with van der Waals surface area (Å²) in [7, 11) is 0. The second-order valence-corrected chi connectivity index (χ2v) is 5.86. The minimum Gasteiger partial charge on any atom is -0.492 e. The minimum atomic E-state index is -0.628. The van der Waals surface area contributed by atoms with E-state index in [0.717, 1.165) is 0 Å². The number of carbonyl (C=O) groups excluding carboxylic acids is 2. The number of nitrogens with two attached hydrogens (primary N) is 1. The Kier molecular flexibility index (Phi) is 5.38. The van der Waals surface area contributed by atoms with Gasteiger partial charge in [0.2, 0.25) is 5.91 Å². The quantitative estimate of drug-likeness (QED) is 0.824. The Labute approximate surface area is 151 Å². The predicted molar refractivity (Wildman–Crippen MR) is 98.5 cm³/mol. The number of hydrogen-bond acceptors (Lipinski definition) is 5. The second-order valence-electron chi connectivity index (χ2n) is 5.86. The van der Waals surface area contributed by atoms with Crippen molar-refractivity contribution in [3.05, 3.63) is 48.5 Å². The first kappa shape index (κ1) is 17.8. The van der Waals surface area contributed by atoms with Crippen LogP contribution < -0.4 is 25.4 Å². The summed E-state index contributed by atoms with van der Waals surface area (Å²) in [4.78, 5) is 26.3. The van der Waals surface area contributed by atoms with Crippen LogP contribution in [-0.4, -0.2) is 37.6 Å². The Balaban J connectivity index is 1.67. The fraction of sp³-hybridized carbons (Fsp3) is 0.263. The van der Waals surface area contributed by atoms with Crippen LogP contribution >= 0.6 is 0 Å². The van der Waals surface area contributed by atoms with Crippen LogP contribution in [-0.2, 0) is 9.59 Å². The van der Waals surface area contributed by atoms with Gasteiger partial charge in [0.05, 0.1) is 5.69 Å². The highest BCUT2D eigenvalue weighted by atomic mass is 16.5. The lowest BCUT2D eigenvalue weighted by Crippen LogP contribution is -2.47. The van der Waals surface area contributed by atoms with Crippen LogP contribution in [0.25, 0.3) is 0 Å². The number of fused-ring (bicyclic) bond motifs is 1. The Morgan fingerprint density at radius 1 is 1.23 bits per heavy atom. The van der Waals surface area contributed by atoms with Gasteiger partial charge in [-0.25, -0.2) is 0 Å². The molecule has 0 radical (unpaired) electrons. The summed E-state index contributed by atoms with van der Waals surface area (Å²) in [5.74, 6) is 0.732. The van der Waals surface area contributed by atoms with Gasteiger partial charge in [0.25, 0.3) is 5.91 Å².